The molecule has 0 unspecified atom stereocenters. The van der Waals surface area contributed by atoms with Crippen LogP contribution in [0.15, 0.2) is 47.4 Å². The van der Waals surface area contributed by atoms with E-state index >= 15 is 0 Å². The van der Waals surface area contributed by atoms with E-state index < -0.39 is 20.6 Å². The molecule has 0 heterocycles. The minimum absolute atomic E-state index is 0.0189. The molecule has 0 aromatic heterocycles. The second kappa shape index (κ2) is 9.08. The second-order valence-corrected chi connectivity index (χ2v) is 9.86. The Balaban J connectivity index is 1.70. The summed E-state index contributed by atoms with van der Waals surface area (Å²) in [4.78, 5) is 13.2. The number of sulfone groups is 1. The van der Waals surface area contributed by atoms with Gasteiger partial charge in [0.1, 0.15) is 24.7 Å². The molecule has 2 aromatic rings. The van der Waals surface area contributed by atoms with E-state index in [4.69, 9.17) is 14.2 Å². The molecule has 162 valence electrons. The fourth-order valence-electron chi connectivity index (χ4n) is 3.83. The van der Waals surface area contributed by atoms with Crippen molar-refractivity contribution >= 4 is 15.8 Å². The van der Waals surface area contributed by atoms with Crippen molar-refractivity contribution in [2.45, 2.75) is 49.2 Å². The van der Waals surface area contributed by atoms with Crippen molar-refractivity contribution in [1.82, 2.24) is 0 Å². The Morgan fingerprint density at radius 1 is 0.967 bits per heavy atom. The molecule has 1 aliphatic carbocycles. The van der Waals surface area contributed by atoms with Crippen molar-refractivity contribution < 1.29 is 27.4 Å². The summed E-state index contributed by atoms with van der Waals surface area (Å²) < 4.78 is 41.6. The van der Waals surface area contributed by atoms with Gasteiger partial charge in [-0.15, -0.1) is 0 Å². The Morgan fingerprint density at radius 3 is 2.23 bits per heavy atom. The number of esters is 1. The lowest BCUT2D eigenvalue weighted by Crippen LogP contribution is -2.45. The third-order valence-corrected chi connectivity index (χ3v) is 8.20. The second-order valence-electron chi connectivity index (χ2n) is 7.63. The van der Waals surface area contributed by atoms with Crippen molar-refractivity contribution in [2.75, 3.05) is 20.3 Å². The van der Waals surface area contributed by atoms with Crippen LogP contribution in [0.1, 0.15) is 36.8 Å². The molecule has 3 rings (SSSR count). The normalized spacial score (nSPS) is 15.6. The smallest absolute Gasteiger partial charge is 0.327 e. The van der Waals surface area contributed by atoms with Crippen LogP contribution in [0.3, 0.4) is 0 Å². The molecular formula is C23H28O6S. The monoisotopic (exact) mass is 432 g/mol. The highest BCUT2D eigenvalue weighted by molar-refractivity contribution is 7.93. The number of carbonyl (C=O) groups excluding carboxylic acids is 1. The highest BCUT2D eigenvalue weighted by Crippen LogP contribution is 2.42. The number of benzene rings is 2. The zero-order valence-corrected chi connectivity index (χ0v) is 18.5. The van der Waals surface area contributed by atoms with Crippen LogP contribution in [0.4, 0.5) is 0 Å². The van der Waals surface area contributed by atoms with Gasteiger partial charge in [0.15, 0.2) is 14.6 Å². The van der Waals surface area contributed by atoms with Gasteiger partial charge >= 0.3 is 5.97 Å². The third-order valence-electron chi connectivity index (χ3n) is 5.58. The molecule has 1 fully saturated rings. The maximum atomic E-state index is 13.5. The van der Waals surface area contributed by atoms with Gasteiger partial charge in [0.2, 0.25) is 0 Å². The van der Waals surface area contributed by atoms with Gasteiger partial charge < -0.3 is 14.2 Å². The van der Waals surface area contributed by atoms with Gasteiger partial charge in [-0.1, -0.05) is 25.0 Å². The topological polar surface area (TPSA) is 78.9 Å². The lowest BCUT2D eigenvalue weighted by molar-refractivity contribution is -0.147. The Morgan fingerprint density at radius 2 is 1.60 bits per heavy atom. The predicted octanol–water partition coefficient (Wildman–Crippen LogP) is 4.02. The Kier molecular flexibility index (Phi) is 6.71. The summed E-state index contributed by atoms with van der Waals surface area (Å²) in [6, 6.07) is 12.3. The van der Waals surface area contributed by atoms with Crippen LogP contribution in [0, 0.1) is 13.8 Å². The molecule has 0 saturated heterocycles. The minimum Gasteiger partial charge on any atom is -0.497 e. The van der Waals surface area contributed by atoms with Gasteiger partial charge in [0, 0.05) is 0 Å². The first-order valence-electron chi connectivity index (χ1n) is 10.1. The zero-order valence-electron chi connectivity index (χ0n) is 17.6. The van der Waals surface area contributed by atoms with Crippen LogP contribution in [0.2, 0.25) is 0 Å². The molecule has 2 aromatic carbocycles. The molecule has 0 N–H and O–H groups in total. The summed E-state index contributed by atoms with van der Waals surface area (Å²) in [5.74, 6) is 0.651. The quantitative estimate of drug-likeness (QED) is 0.463. The molecule has 0 aliphatic heterocycles. The van der Waals surface area contributed by atoms with Crippen molar-refractivity contribution in [3.05, 3.63) is 53.6 Å². The van der Waals surface area contributed by atoms with E-state index in [2.05, 4.69) is 0 Å². The van der Waals surface area contributed by atoms with E-state index in [1.165, 1.54) is 0 Å². The van der Waals surface area contributed by atoms with Crippen LogP contribution in [0.25, 0.3) is 0 Å². The van der Waals surface area contributed by atoms with E-state index in [-0.39, 0.29) is 31.0 Å². The Labute approximate surface area is 178 Å². The molecule has 0 amide bonds. The van der Waals surface area contributed by atoms with Crippen LogP contribution >= 0.6 is 0 Å². The lowest BCUT2D eigenvalue weighted by atomic mass is 10.1. The summed E-state index contributed by atoms with van der Waals surface area (Å²) >= 11 is 0. The zero-order chi connectivity index (χ0) is 21.8. The highest BCUT2D eigenvalue weighted by atomic mass is 32.2. The van der Waals surface area contributed by atoms with E-state index in [1.807, 2.05) is 13.0 Å². The summed E-state index contributed by atoms with van der Waals surface area (Å²) in [7, 11) is -2.30. The number of hydrogen-bond donors (Lipinski definition) is 0. The summed E-state index contributed by atoms with van der Waals surface area (Å²) in [6.45, 7) is 3.71. The first-order chi connectivity index (χ1) is 14.3. The first-order valence-corrected chi connectivity index (χ1v) is 11.5. The fraction of sp³-hybridized carbons (Fsp3) is 0.435. The van der Waals surface area contributed by atoms with Gasteiger partial charge in [-0.25, -0.2) is 8.42 Å². The van der Waals surface area contributed by atoms with Crippen LogP contribution in [0.5, 0.6) is 11.5 Å². The lowest BCUT2D eigenvalue weighted by Gasteiger charge is -2.27. The summed E-state index contributed by atoms with van der Waals surface area (Å²) in [5.41, 5.74) is 1.48. The summed E-state index contributed by atoms with van der Waals surface area (Å²) in [6.07, 6.45) is 1.92. The van der Waals surface area contributed by atoms with Gasteiger partial charge in [-0.05, 0) is 68.1 Å². The average Bonchev–Trinajstić information content (AvgIpc) is 3.25. The van der Waals surface area contributed by atoms with Crippen LogP contribution in [-0.4, -0.2) is 39.5 Å². The molecule has 1 aliphatic rings. The van der Waals surface area contributed by atoms with E-state index in [0.29, 0.717) is 29.9 Å². The number of ether oxygens (including phenoxy) is 3. The number of methoxy groups -OCH3 is 1. The van der Waals surface area contributed by atoms with Crippen molar-refractivity contribution in [3.8, 4) is 11.5 Å². The highest BCUT2D eigenvalue weighted by Gasteiger charge is 2.54. The number of carbonyl (C=O) groups is 1. The van der Waals surface area contributed by atoms with Crippen LogP contribution < -0.4 is 9.47 Å². The number of rotatable bonds is 8. The molecule has 0 spiro atoms. The molecule has 6 nitrogen and oxygen atoms in total. The van der Waals surface area contributed by atoms with Gasteiger partial charge in [-0.2, -0.15) is 0 Å². The average molecular weight is 433 g/mol. The van der Waals surface area contributed by atoms with Gasteiger partial charge in [0.05, 0.1) is 12.0 Å². The molecule has 0 atom stereocenters. The fourth-order valence-corrected chi connectivity index (χ4v) is 6.19. The minimum atomic E-state index is -3.88. The standard InChI is InChI=1S/C23H28O6S/c1-17-6-7-18(2)21(16-17)30(25,26)23(12-4-5-13-23)22(24)29-15-14-28-20-10-8-19(27-3)9-11-20/h6-11,16H,4-5,12-15H2,1-3H3. The SMILES string of the molecule is COc1ccc(OCCOC(=O)C2(S(=O)(=O)c3cc(C)ccc3C)CCCC2)cc1. The molecule has 0 bridgehead atoms. The third kappa shape index (κ3) is 4.31. The largest absolute Gasteiger partial charge is 0.497 e. The molecule has 0 radical (unpaired) electrons. The predicted molar refractivity (Wildman–Crippen MR) is 114 cm³/mol. The van der Waals surface area contributed by atoms with Crippen LogP contribution in [-0.2, 0) is 19.4 Å². The molecular weight excluding hydrogens is 404 g/mol. The molecule has 1 saturated carbocycles. The maximum Gasteiger partial charge on any atom is 0.327 e. The van der Waals surface area contributed by atoms with Crippen molar-refractivity contribution in [2.24, 2.45) is 0 Å². The first kappa shape index (κ1) is 22.2. The maximum absolute atomic E-state index is 13.5. The molecule has 7 heteroatoms. The van der Waals surface area contributed by atoms with Crippen molar-refractivity contribution in [3.63, 3.8) is 0 Å². The van der Waals surface area contributed by atoms with E-state index in [0.717, 1.165) is 5.56 Å². The Bertz CT molecular complexity index is 989. The van der Waals surface area contributed by atoms with E-state index in [9.17, 15) is 13.2 Å². The number of aryl methyl sites for hydroxylation is 2. The van der Waals surface area contributed by atoms with E-state index in [1.54, 1.807) is 50.4 Å². The number of hydrogen-bond acceptors (Lipinski definition) is 6. The summed E-state index contributed by atoms with van der Waals surface area (Å²) in [5, 5.41) is 0. The van der Waals surface area contributed by atoms with Gasteiger partial charge in [-0.3, -0.25) is 4.79 Å². The Hall–Kier alpha value is -2.54. The van der Waals surface area contributed by atoms with Gasteiger partial charge in [0.25, 0.3) is 0 Å². The molecule has 30 heavy (non-hydrogen) atoms. The van der Waals surface area contributed by atoms with Crippen molar-refractivity contribution in [1.29, 1.82) is 0 Å².